The summed E-state index contributed by atoms with van der Waals surface area (Å²) in [6.07, 6.45) is 3.21. The average Bonchev–Trinajstić information content (AvgIpc) is 2.99. The van der Waals surface area contributed by atoms with Gasteiger partial charge in [-0.2, -0.15) is 0 Å². The van der Waals surface area contributed by atoms with Crippen molar-refractivity contribution in [1.82, 2.24) is 10.2 Å². The van der Waals surface area contributed by atoms with Crippen molar-refractivity contribution >= 4 is 5.97 Å². The Kier molecular flexibility index (Phi) is 3.50. The molecule has 2 N–H and O–H groups in total. The van der Waals surface area contributed by atoms with Crippen molar-refractivity contribution in [2.45, 2.75) is 38.3 Å². The number of nitrogens with one attached hydrogen (secondary N) is 1. The highest BCUT2D eigenvalue weighted by Gasteiger charge is 2.38. The number of rotatable bonds is 4. The Morgan fingerprint density at radius 1 is 1.44 bits per heavy atom. The number of aliphatic carboxylic acids is 1. The van der Waals surface area contributed by atoms with Gasteiger partial charge in [0, 0.05) is 12.6 Å². The summed E-state index contributed by atoms with van der Waals surface area (Å²) in [6, 6.07) is 0.0637. The van der Waals surface area contributed by atoms with Crippen molar-refractivity contribution in [3.05, 3.63) is 0 Å². The van der Waals surface area contributed by atoms with Crippen molar-refractivity contribution in [3.8, 4) is 0 Å². The van der Waals surface area contributed by atoms with E-state index in [1.807, 2.05) is 0 Å². The second-order valence-electron chi connectivity index (χ2n) is 5.45. The lowest BCUT2D eigenvalue weighted by molar-refractivity contribution is -0.140. The first kappa shape index (κ1) is 11.9. The van der Waals surface area contributed by atoms with Crippen molar-refractivity contribution < 1.29 is 9.90 Å². The predicted octanol–water partition coefficient (Wildman–Crippen LogP) is 0.779. The Bertz CT molecular complexity index is 266. The Morgan fingerprint density at radius 2 is 2.12 bits per heavy atom. The van der Waals surface area contributed by atoms with Gasteiger partial charge >= 0.3 is 5.97 Å². The molecular weight excluding hydrogens is 204 g/mol. The van der Waals surface area contributed by atoms with Gasteiger partial charge in [-0.15, -0.1) is 0 Å². The van der Waals surface area contributed by atoms with Crippen molar-refractivity contribution in [2.24, 2.45) is 11.8 Å². The van der Waals surface area contributed by atoms with Crippen molar-refractivity contribution in [2.75, 3.05) is 20.1 Å². The minimum absolute atomic E-state index is 0.309. The minimum Gasteiger partial charge on any atom is -0.480 e. The highest BCUT2D eigenvalue weighted by Crippen LogP contribution is 2.33. The van der Waals surface area contributed by atoms with E-state index >= 15 is 0 Å². The van der Waals surface area contributed by atoms with Crippen LogP contribution in [0, 0.1) is 11.8 Å². The van der Waals surface area contributed by atoms with Crippen LogP contribution in [0.15, 0.2) is 0 Å². The normalized spacial score (nSPS) is 33.6. The van der Waals surface area contributed by atoms with E-state index in [0.717, 1.165) is 32.4 Å². The maximum absolute atomic E-state index is 11.2. The molecule has 0 bridgehead atoms. The zero-order chi connectivity index (χ0) is 11.7. The molecule has 2 fully saturated rings. The Hall–Kier alpha value is -0.610. The lowest BCUT2D eigenvalue weighted by Crippen LogP contribution is -2.53. The van der Waals surface area contributed by atoms with E-state index in [9.17, 15) is 9.90 Å². The molecule has 16 heavy (non-hydrogen) atoms. The first-order valence-corrected chi connectivity index (χ1v) is 6.25. The number of likely N-dealkylation sites (tertiary alicyclic amines) is 1. The van der Waals surface area contributed by atoms with Crippen LogP contribution >= 0.6 is 0 Å². The summed E-state index contributed by atoms with van der Waals surface area (Å²) in [5, 5.41) is 12.5. The smallest absolute Gasteiger partial charge is 0.320 e. The molecule has 0 aromatic rings. The molecule has 0 amide bonds. The van der Waals surface area contributed by atoms with E-state index in [0.29, 0.717) is 17.9 Å². The SMILES string of the molecule is CC1CN(C)CCC1NC(C(=O)O)C1CC1. The topological polar surface area (TPSA) is 52.6 Å². The third kappa shape index (κ3) is 2.74. The van der Waals surface area contributed by atoms with Crippen LogP contribution in [0.25, 0.3) is 0 Å². The molecule has 2 rings (SSSR count). The van der Waals surface area contributed by atoms with E-state index in [2.05, 4.69) is 24.2 Å². The highest BCUT2D eigenvalue weighted by molar-refractivity contribution is 5.74. The van der Waals surface area contributed by atoms with Gasteiger partial charge < -0.3 is 15.3 Å². The lowest BCUT2D eigenvalue weighted by Gasteiger charge is -2.36. The minimum atomic E-state index is -0.673. The third-order valence-electron chi connectivity index (χ3n) is 3.86. The fourth-order valence-corrected chi connectivity index (χ4v) is 2.67. The predicted molar refractivity (Wildman–Crippen MR) is 62.3 cm³/mol. The number of piperidine rings is 1. The van der Waals surface area contributed by atoms with Gasteiger partial charge in [0.25, 0.3) is 0 Å². The summed E-state index contributed by atoms with van der Waals surface area (Å²) in [7, 11) is 2.13. The molecule has 3 unspecified atom stereocenters. The van der Waals surface area contributed by atoms with Crippen LogP contribution in [0.4, 0.5) is 0 Å². The second kappa shape index (κ2) is 4.72. The third-order valence-corrected chi connectivity index (χ3v) is 3.86. The summed E-state index contributed by atoms with van der Waals surface area (Å²) in [5.41, 5.74) is 0. The highest BCUT2D eigenvalue weighted by atomic mass is 16.4. The molecule has 4 heteroatoms. The number of carboxylic acid groups (broad SMARTS) is 1. The quantitative estimate of drug-likeness (QED) is 0.744. The standard InChI is InChI=1S/C12H22N2O2/c1-8-7-14(2)6-5-10(8)13-11(12(15)16)9-3-4-9/h8-11,13H,3-7H2,1-2H3,(H,15,16). The fraction of sp³-hybridized carbons (Fsp3) is 0.917. The number of carbonyl (C=O) groups is 1. The van der Waals surface area contributed by atoms with Crippen LogP contribution in [-0.4, -0.2) is 48.2 Å². The van der Waals surface area contributed by atoms with Crippen LogP contribution < -0.4 is 5.32 Å². The summed E-state index contributed by atoms with van der Waals surface area (Å²) in [5.74, 6) is 0.248. The number of hydrogen-bond acceptors (Lipinski definition) is 3. The number of carboxylic acids is 1. The van der Waals surface area contributed by atoms with Gasteiger partial charge in [-0.3, -0.25) is 4.79 Å². The molecule has 1 heterocycles. The molecule has 0 aromatic heterocycles. The Balaban J connectivity index is 1.89. The van der Waals surface area contributed by atoms with E-state index < -0.39 is 5.97 Å². The Morgan fingerprint density at radius 3 is 2.62 bits per heavy atom. The first-order chi connectivity index (χ1) is 7.58. The molecular formula is C12H22N2O2. The summed E-state index contributed by atoms with van der Waals surface area (Å²) >= 11 is 0. The van der Waals surface area contributed by atoms with Crippen LogP contribution in [-0.2, 0) is 4.79 Å². The molecule has 1 saturated carbocycles. The van der Waals surface area contributed by atoms with Crippen LogP contribution in [0.1, 0.15) is 26.2 Å². The van der Waals surface area contributed by atoms with E-state index in [-0.39, 0.29) is 6.04 Å². The molecule has 2 aliphatic rings. The van der Waals surface area contributed by atoms with Gasteiger partial charge in [-0.25, -0.2) is 0 Å². The molecule has 1 aliphatic carbocycles. The van der Waals surface area contributed by atoms with E-state index in [4.69, 9.17) is 0 Å². The lowest BCUT2D eigenvalue weighted by atomic mass is 9.93. The largest absolute Gasteiger partial charge is 0.480 e. The summed E-state index contributed by atoms with van der Waals surface area (Å²) in [6.45, 7) is 4.34. The van der Waals surface area contributed by atoms with Gasteiger partial charge in [0.2, 0.25) is 0 Å². The van der Waals surface area contributed by atoms with Gasteiger partial charge in [0.05, 0.1) is 0 Å². The molecule has 92 valence electrons. The van der Waals surface area contributed by atoms with Crippen LogP contribution in [0.3, 0.4) is 0 Å². The van der Waals surface area contributed by atoms with Crippen molar-refractivity contribution in [3.63, 3.8) is 0 Å². The van der Waals surface area contributed by atoms with Gasteiger partial charge in [-0.1, -0.05) is 6.92 Å². The molecule has 0 aromatic carbocycles. The maximum atomic E-state index is 11.2. The molecule has 0 radical (unpaired) electrons. The molecule has 0 spiro atoms. The first-order valence-electron chi connectivity index (χ1n) is 6.25. The number of hydrogen-bond donors (Lipinski definition) is 2. The fourth-order valence-electron chi connectivity index (χ4n) is 2.67. The molecule has 4 nitrogen and oxygen atoms in total. The van der Waals surface area contributed by atoms with Gasteiger partial charge in [0.1, 0.15) is 6.04 Å². The summed E-state index contributed by atoms with van der Waals surface area (Å²) in [4.78, 5) is 13.5. The van der Waals surface area contributed by atoms with Crippen molar-refractivity contribution in [1.29, 1.82) is 0 Å². The molecule has 1 aliphatic heterocycles. The van der Waals surface area contributed by atoms with Crippen LogP contribution in [0.2, 0.25) is 0 Å². The Labute approximate surface area is 97.0 Å². The van der Waals surface area contributed by atoms with E-state index in [1.54, 1.807) is 0 Å². The zero-order valence-electron chi connectivity index (χ0n) is 10.1. The summed E-state index contributed by atoms with van der Waals surface area (Å²) < 4.78 is 0. The van der Waals surface area contributed by atoms with Crippen LogP contribution in [0.5, 0.6) is 0 Å². The zero-order valence-corrected chi connectivity index (χ0v) is 10.1. The molecule has 1 saturated heterocycles. The van der Waals surface area contributed by atoms with E-state index in [1.165, 1.54) is 0 Å². The van der Waals surface area contributed by atoms with Gasteiger partial charge in [-0.05, 0) is 44.7 Å². The monoisotopic (exact) mass is 226 g/mol. The second-order valence-corrected chi connectivity index (χ2v) is 5.45. The number of nitrogens with zero attached hydrogens (tertiary/aromatic N) is 1. The average molecular weight is 226 g/mol. The molecule has 3 atom stereocenters. The maximum Gasteiger partial charge on any atom is 0.320 e. The van der Waals surface area contributed by atoms with Gasteiger partial charge in [0.15, 0.2) is 0 Å².